The van der Waals surface area contributed by atoms with Crippen LogP contribution in [-0.4, -0.2) is 16.6 Å². The van der Waals surface area contributed by atoms with E-state index in [2.05, 4.69) is 5.32 Å². The molecule has 0 radical (unpaired) electrons. The molecule has 21 heavy (non-hydrogen) atoms. The summed E-state index contributed by atoms with van der Waals surface area (Å²) in [4.78, 5) is 12.1. The summed E-state index contributed by atoms with van der Waals surface area (Å²) in [5.74, 6) is 1.93. The van der Waals surface area contributed by atoms with Crippen LogP contribution >= 0.6 is 24.0 Å². The molecule has 0 spiro atoms. The number of nitrogens with two attached hydrogens (primary N) is 1. The molecule has 1 amide bonds. The van der Waals surface area contributed by atoms with Gasteiger partial charge in [-0.3, -0.25) is 4.79 Å². The van der Waals surface area contributed by atoms with Gasteiger partial charge in [0, 0.05) is 11.3 Å². The predicted octanol–water partition coefficient (Wildman–Crippen LogP) is 2.46. The van der Waals surface area contributed by atoms with Gasteiger partial charge in [-0.1, -0.05) is 36.5 Å². The van der Waals surface area contributed by atoms with E-state index in [1.165, 1.54) is 0 Å². The Morgan fingerprint density at radius 3 is 2.67 bits per heavy atom. The highest BCUT2D eigenvalue weighted by Crippen LogP contribution is 2.13. The Hall–Kier alpha value is -1.79. The van der Waals surface area contributed by atoms with E-state index in [-0.39, 0.29) is 5.91 Å². The van der Waals surface area contributed by atoms with Gasteiger partial charge in [0.2, 0.25) is 5.91 Å². The largest absolute Gasteiger partial charge is 0.467 e. The molecule has 0 saturated carbocycles. The highest BCUT2D eigenvalue weighted by atomic mass is 32.2. The second kappa shape index (κ2) is 7.85. The summed E-state index contributed by atoms with van der Waals surface area (Å²) in [5.41, 5.74) is 7.54. The Kier molecular flexibility index (Phi) is 5.83. The number of thiocarbonyl (C=S) groups is 1. The van der Waals surface area contributed by atoms with Crippen LogP contribution in [0.5, 0.6) is 0 Å². The van der Waals surface area contributed by atoms with Crippen molar-refractivity contribution in [2.45, 2.75) is 12.3 Å². The molecule has 2 aromatic rings. The minimum Gasteiger partial charge on any atom is -0.467 e. The fourth-order valence-corrected chi connectivity index (χ4v) is 2.63. The Balaban J connectivity index is 1.68. The number of hydrogen-bond acceptors (Lipinski definition) is 4. The van der Waals surface area contributed by atoms with Gasteiger partial charge in [0.15, 0.2) is 0 Å². The molecule has 1 heterocycles. The van der Waals surface area contributed by atoms with Crippen molar-refractivity contribution in [1.29, 1.82) is 0 Å². The first kappa shape index (κ1) is 15.6. The number of nitrogens with one attached hydrogen (secondary N) is 1. The number of benzene rings is 1. The molecule has 4 nitrogen and oxygen atoms in total. The van der Waals surface area contributed by atoms with Crippen LogP contribution in [0.2, 0.25) is 0 Å². The van der Waals surface area contributed by atoms with E-state index < -0.39 is 0 Å². The summed E-state index contributed by atoms with van der Waals surface area (Å²) in [6.07, 6.45) is 1.59. The minimum absolute atomic E-state index is 0.00356. The van der Waals surface area contributed by atoms with E-state index in [0.717, 1.165) is 22.6 Å². The predicted molar refractivity (Wildman–Crippen MR) is 89.0 cm³/mol. The molecular weight excluding hydrogens is 304 g/mol. The number of carbonyl (C=O) groups excluding carboxylic acids is 1. The molecule has 0 bridgehead atoms. The highest BCUT2D eigenvalue weighted by molar-refractivity contribution is 7.99. The van der Waals surface area contributed by atoms with Crippen LogP contribution in [0.1, 0.15) is 16.9 Å². The molecule has 110 valence electrons. The fourth-order valence-electron chi connectivity index (χ4n) is 1.68. The summed E-state index contributed by atoms with van der Waals surface area (Å²) < 4.78 is 5.15. The van der Waals surface area contributed by atoms with Crippen LogP contribution in [0.15, 0.2) is 47.1 Å². The average molecular weight is 320 g/mol. The van der Waals surface area contributed by atoms with Crippen molar-refractivity contribution in [3.05, 3.63) is 59.5 Å². The third-order valence-corrected chi connectivity index (χ3v) is 4.02. The number of thioether (sulfide) groups is 1. The van der Waals surface area contributed by atoms with Gasteiger partial charge in [-0.05, 0) is 17.7 Å². The second-order valence-corrected chi connectivity index (χ2v) is 5.84. The standard InChI is InChI=1S/C15H16N2O2S2/c16-15(20)12-5-3-11(4-6-12)9-21-10-14(18)17-8-13-2-1-7-19-13/h1-7H,8-10H2,(H2,16,20)(H,17,18). The lowest BCUT2D eigenvalue weighted by atomic mass is 10.1. The molecule has 1 aromatic carbocycles. The lowest BCUT2D eigenvalue weighted by Gasteiger charge is -2.04. The van der Waals surface area contributed by atoms with Gasteiger partial charge in [-0.25, -0.2) is 0 Å². The SMILES string of the molecule is NC(=S)c1ccc(CSCC(=O)NCc2ccco2)cc1. The van der Waals surface area contributed by atoms with Crippen molar-refractivity contribution in [3.63, 3.8) is 0 Å². The van der Waals surface area contributed by atoms with Crippen molar-refractivity contribution < 1.29 is 9.21 Å². The van der Waals surface area contributed by atoms with E-state index >= 15 is 0 Å². The molecule has 0 aliphatic rings. The third kappa shape index (κ3) is 5.24. The van der Waals surface area contributed by atoms with Crippen LogP contribution in [0.25, 0.3) is 0 Å². The Morgan fingerprint density at radius 1 is 1.29 bits per heavy atom. The van der Waals surface area contributed by atoms with Crippen LogP contribution in [-0.2, 0) is 17.1 Å². The summed E-state index contributed by atoms with van der Waals surface area (Å²) >= 11 is 6.46. The number of furan rings is 1. The Morgan fingerprint density at radius 2 is 2.05 bits per heavy atom. The van der Waals surface area contributed by atoms with Crippen molar-refractivity contribution in [3.8, 4) is 0 Å². The third-order valence-electron chi connectivity index (χ3n) is 2.78. The maximum Gasteiger partial charge on any atom is 0.230 e. The van der Waals surface area contributed by atoms with Gasteiger partial charge in [-0.15, -0.1) is 11.8 Å². The zero-order valence-electron chi connectivity index (χ0n) is 11.4. The first-order valence-corrected chi connectivity index (χ1v) is 7.97. The first-order valence-electron chi connectivity index (χ1n) is 6.41. The minimum atomic E-state index is -0.00356. The summed E-state index contributed by atoms with van der Waals surface area (Å²) in [6, 6.07) is 11.4. The van der Waals surface area contributed by atoms with Crippen LogP contribution < -0.4 is 11.1 Å². The van der Waals surface area contributed by atoms with E-state index in [0.29, 0.717) is 17.3 Å². The molecule has 0 fully saturated rings. The second-order valence-electron chi connectivity index (χ2n) is 4.41. The highest BCUT2D eigenvalue weighted by Gasteiger charge is 2.04. The average Bonchev–Trinajstić information content (AvgIpc) is 2.99. The van der Waals surface area contributed by atoms with Crippen LogP contribution in [0, 0.1) is 0 Å². The molecule has 3 N–H and O–H groups in total. The maximum absolute atomic E-state index is 11.7. The molecule has 0 saturated heterocycles. The smallest absolute Gasteiger partial charge is 0.230 e. The lowest BCUT2D eigenvalue weighted by Crippen LogP contribution is -2.24. The Labute approximate surface area is 133 Å². The Bertz CT molecular complexity index is 595. The molecule has 1 aromatic heterocycles. The number of carbonyl (C=O) groups is 1. The number of amides is 1. The zero-order valence-corrected chi connectivity index (χ0v) is 13.0. The topological polar surface area (TPSA) is 68.3 Å². The monoisotopic (exact) mass is 320 g/mol. The van der Waals surface area contributed by atoms with Gasteiger partial charge in [0.05, 0.1) is 18.6 Å². The first-order chi connectivity index (χ1) is 10.1. The van der Waals surface area contributed by atoms with Gasteiger partial charge in [0.1, 0.15) is 10.7 Å². The number of hydrogen-bond donors (Lipinski definition) is 2. The molecule has 0 aliphatic heterocycles. The van der Waals surface area contributed by atoms with Crippen molar-refractivity contribution in [2.75, 3.05) is 5.75 Å². The normalized spacial score (nSPS) is 10.3. The number of rotatable bonds is 7. The summed E-state index contributed by atoms with van der Waals surface area (Å²) in [7, 11) is 0. The summed E-state index contributed by atoms with van der Waals surface area (Å²) in [5, 5.41) is 2.81. The lowest BCUT2D eigenvalue weighted by molar-refractivity contribution is -0.118. The van der Waals surface area contributed by atoms with Gasteiger partial charge in [-0.2, -0.15) is 0 Å². The van der Waals surface area contributed by atoms with E-state index in [9.17, 15) is 4.79 Å². The van der Waals surface area contributed by atoms with E-state index in [1.807, 2.05) is 30.3 Å². The molecule has 0 unspecified atom stereocenters. The quantitative estimate of drug-likeness (QED) is 0.767. The summed E-state index contributed by atoms with van der Waals surface area (Å²) in [6.45, 7) is 0.426. The van der Waals surface area contributed by atoms with Gasteiger partial charge in [0.25, 0.3) is 0 Å². The van der Waals surface area contributed by atoms with Gasteiger partial charge < -0.3 is 15.5 Å². The molecule has 6 heteroatoms. The van der Waals surface area contributed by atoms with E-state index in [4.69, 9.17) is 22.4 Å². The van der Waals surface area contributed by atoms with Crippen LogP contribution in [0.4, 0.5) is 0 Å². The van der Waals surface area contributed by atoms with Gasteiger partial charge >= 0.3 is 0 Å². The fraction of sp³-hybridized carbons (Fsp3) is 0.200. The molecule has 0 atom stereocenters. The van der Waals surface area contributed by atoms with Crippen molar-refractivity contribution >= 4 is 34.9 Å². The maximum atomic E-state index is 11.7. The molecule has 0 aliphatic carbocycles. The van der Waals surface area contributed by atoms with E-state index in [1.54, 1.807) is 24.1 Å². The van der Waals surface area contributed by atoms with Crippen molar-refractivity contribution in [2.24, 2.45) is 5.73 Å². The molecular formula is C15H16N2O2S2. The van der Waals surface area contributed by atoms with Crippen molar-refractivity contribution in [1.82, 2.24) is 5.32 Å². The zero-order chi connectivity index (χ0) is 15.1. The van der Waals surface area contributed by atoms with Crippen LogP contribution in [0.3, 0.4) is 0 Å². The molecule has 2 rings (SSSR count).